The van der Waals surface area contributed by atoms with Crippen LogP contribution in [0.15, 0.2) is 18.6 Å². The fourth-order valence-corrected chi connectivity index (χ4v) is 2.12. The van der Waals surface area contributed by atoms with Gasteiger partial charge in [-0.15, -0.1) is 12.4 Å². The second-order valence-corrected chi connectivity index (χ2v) is 5.47. The summed E-state index contributed by atoms with van der Waals surface area (Å²) in [5, 5.41) is 12.0. The highest BCUT2D eigenvalue weighted by Gasteiger charge is 2.05. The van der Waals surface area contributed by atoms with Gasteiger partial charge < -0.3 is 5.32 Å². The van der Waals surface area contributed by atoms with Crippen LogP contribution < -0.4 is 5.32 Å². The van der Waals surface area contributed by atoms with Crippen LogP contribution in [0.1, 0.15) is 30.7 Å². The summed E-state index contributed by atoms with van der Waals surface area (Å²) < 4.78 is 3.93. The van der Waals surface area contributed by atoms with Gasteiger partial charge >= 0.3 is 0 Å². The molecule has 0 atom stereocenters. The molecule has 0 amide bonds. The fourth-order valence-electron chi connectivity index (χ4n) is 2.12. The van der Waals surface area contributed by atoms with Gasteiger partial charge in [0.2, 0.25) is 0 Å². The summed E-state index contributed by atoms with van der Waals surface area (Å²) in [4.78, 5) is 0. The molecule has 0 aliphatic heterocycles. The fraction of sp³-hybridized carbons (Fsp3) is 0.571. The van der Waals surface area contributed by atoms with Crippen LogP contribution in [0.4, 0.5) is 0 Å². The number of rotatable bonds is 6. The first-order valence-corrected chi connectivity index (χ1v) is 6.75. The van der Waals surface area contributed by atoms with Crippen molar-refractivity contribution < 1.29 is 0 Å². The number of nitrogens with zero attached hydrogens (tertiary/aromatic N) is 4. The summed E-state index contributed by atoms with van der Waals surface area (Å²) in [7, 11) is 1.98. The average Bonchev–Trinajstić information content (AvgIpc) is 2.89. The zero-order valence-corrected chi connectivity index (χ0v) is 13.4. The SMILES string of the molecule is Cc1cnn(C)c1CNCc1cnn(CC(C)C)c1.Cl. The molecule has 0 spiro atoms. The molecule has 0 aliphatic carbocycles. The summed E-state index contributed by atoms with van der Waals surface area (Å²) in [6.45, 7) is 9.13. The number of hydrogen-bond donors (Lipinski definition) is 1. The molecule has 5 nitrogen and oxygen atoms in total. The minimum atomic E-state index is 0. The highest BCUT2D eigenvalue weighted by atomic mass is 35.5. The number of hydrogen-bond acceptors (Lipinski definition) is 3. The van der Waals surface area contributed by atoms with Crippen LogP contribution in [0.5, 0.6) is 0 Å². The van der Waals surface area contributed by atoms with E-state index in [1.54, 1.807) is 0 Å². The number of aromatic nitrogens is 4. The van der Waals surface area contributed by atoms with Crippen molar-refractivity contribution >= 4 is 12.4 Å². The quantitative estimate of drug-likeness (QED) is 0.890. The van der Waals surface area contributed by atoms with Crippen molar-refractivity contribution in [2.45, 2.75) is 40.4 Å². The highest BCUT2D eigenvalue weighted by molar-refractivity contribution is 5.85. The maximum atomic E-state index is 4.37. The Balaban J connectivity index is 0.00000200. The van der Waals surface area contributed by atoms with Crippen LogP contribution in [-0.2, 0) is 26.7 Å². The number of aryl methyl sites for hydroxylation is 2. The van der Waals surface area contributed by atoms with Crippen LogP contribution in [-0.4, -0.2) is 19.6 Å². The monoisotopic (exact) mass is 297 g/mol. The molecule has 0 unspecified atom stereocenters. The van der Waals surface area contributed by atoms with Crippen LogP contribution in [0, 0.1) is 12.8 Å². The third kappa shape index (κ3) is 4.35. The molecule has 0 saturated carbocycles. The molecule has 20 heavy (non-hydrogen) atoms. The summed E-state index contributed by atoms with van der Waals surface area (Å²) in [5.74, 6) is 0.623. The van der Waals surface area contributed by atoms with Gasteiger partial charge in [-0.3, -0.25) is 9.36 Å². The van der Waals surface area contributed by atoms with E-state index in [2.05, 4.69) is 42.5 Å². The summed E-state index contributed by atoms with van der Waals surface area (Å²) in [5.41, 5.74) is 3.68. The average molecular weight is 298 g/mol. The maximum Gasteiger partial charge on any atom is 0.0547 e. The molecule has 0 saturated heterocycles. The van der Waals surface area contributed by atoms with E-state index < -0.39 is 0 Å². The van der Waals surface area contributed by atoms with Gasteiger partial charge in [-0.1, -0.05) is 13.8 Å². The Kier molecular flexibility index (Phi) is 6.23. The number of halogens is 1. The van der Waals surface area contributed by atoms with Gasteiger partial charge in [0.15, 0.2) is 0 Å². The maximum absolute atomic E-state index is 4.37. The highest BCUT2D eigenvalue weighted by Crippen LogP contribution is 2.06. The van der Waals surface area contributed by atoms with Gasteiger partial charge in [0.25, 0.3) is 0 Å². The summed E-state index contributed by atoms with van der Waals surface area (Å²) in [6.07, 6.45) is 5.95. The Labute approximate surface area is 126 Å². The van der Waals surface area contributed by atoms with Crippen molar-refractivity contribution in [2.24, 2.45) is 13.0 Å². The van der Waals surface area contributed by atoms with Gasteiger partial charge in [0.05, 0.1) is 18.1 Å². The van der Waals surface area contributed by atoms with Crippen LogP contribution in [0.25, 0.3) is 0 Å². The van der Waals surface area contributed by atoms with Gasteiger partial charge in [0, 0.05) is 38.4 Å². The number of nitrogens with one attached hydrogen (secondary N) is 1. The van der Waals surface area contributed by atoms with E-state index in [1.165, 1.54) is 16.8 Å². The van der Waals surface area contributed by atoms with Crippen LogP contribution in [0.3, 0.4) is 0 Å². The van der Waals surface area contributed by atoms with Crippen molar-refractivity contribution in [3.63, 3.8) is 0 Å². The summed E-state index contributed by atoms with van der Waals surface area (Å²) >= 11 is 0. The van der Waals surface area contributed by atoms with Crippen molar-refractivity contribution in [3.8, 4) is 0 Å². The molecule has 6 heteroatoms. The predicted octanol–water partition coefficient (Wildman–Crippen LogP) is 2.29. The topological polar surface area (TPSA) is 47.7 Å². The van der Waals surface area contributed by atoms with E-state index in [4.69, 9.17) is 0 Å². The van der Waals surface area contributed by atoms with Crippen molar-refractivity contribution in [1.29, 1.82) is 0 Å². The third-order valence-corrected chi connectivity index (χ3v) is 3.13. The molecular formula is C14H24ClN5. The molecule has 0 bridgehead atoms. The minimum absolute atomic E-state index is 0. The molecule has 0 fully saturated rings. The molecule has 2 heterocycles. The lowest BCUT2D eigenvalue weighted by Gasteiger charge is -2.05. The van der Waals surface area contributed by atoms with E-state index in [0.29, 0.717) is 5.92 Å². The standard InChI is InChI=1S/C14H23N5.ClH/c1-11(2)9-19-10-13(7-17-19)6-15-8-14-12(3)5-16-18(14)4;/h5,7,10-11,15H,6,8-9H2,1-4H3;1H. The largest absolute Gasteiger partial charge is 0.307 e. The van der Waals surface area contributed by atoms with Gasteiger partial charge in [-0.2, -0.15) is 10.2 Å². The van der Waals surface area contributed by atoms with Gasteiger partial charge in [-0.05, 0) is 18.4 Å². The zero-order chi connectivity index (χ0) is 13.8. The Bertz CT molecular complexity index is 510. The Morgan fingerprint density at radius 3 is 2.55 bits per heavy atom. The van der Waals surface area contributed by atoms with E-state index >= 15 is 0 Å². The first kappa shape index (κ1) is 16.7. The smallest absolute Gasteiger partial charge is 0.0547 e. The molecule has 0 aliphatic rings. The van der Waals surface area contributed by atoms with E-state index in [9.17, 15) is 0 Å². The molecule has 2 aromatic heterocycles. The van der Waals surface area contributed by atoms with Crippen molar-refractivity contribution in [3.05, 3.63) is 35.4 Å². The Morgan fingerprint density at radius 1 is 1.20 bits per heavy atom. The van der Waals surface area contributed by atoms with Crippen molar-refractivity contribution in [1.82, 2.24) is 24.9 Å². The predicted molar refractivity (Wildman–Crippen MR) is 82.8 cm³/mol. The molecule has 1 N–H and O–H groups in total. The zero-order valence-electron chi connectivity index (χ0n) is 12.6. The second-order valence-electron chi connectivity index (χ2n) is 5.47. The van der Waals surface area contributed by atoms with E-state index in [-0.39, 0.29) is 12.4 Å². The Morgan fingerprint density at radius 2 is 1.95 bits per heavy atom. The van der Waals surface area contributed by atoms with Crippen molar-refractivity contribution in [2.75, 3.05) is 0 Å². The lowest BCUT2D eigenvalue weighted by atomic mass is 10.2. The lowest BCUT2D eigenvalue weighted by molar-refractivity contribution is 0.482. The minimum Gasteiger partial charge on any atom is -0.307 e. The molecule has 2 aromatic rings. The van der Waals surface area contributed by atoms with Gasteiger partial charge in [-0.25, -0.2) is 0 Å². The first-order valence-electron chi connectivity index (χ1n) is 6.75. The molecule has 0 radical (unpaired) electrons. The van der Waals surface area contributed by atoms with E-state index in [1.807, 2.05) is 28.8 Å². The lowest BCUT2D eigenvalue weighted by Crippen LogP contribution is -2.15. The molecule has 112 valence electrons. The van der Waals surface area contributed by atoms with Gasteiger partial charge in [0.1, 0.15) is 0 Å². The van der Waals surface area contributed by atoms with Crippen LogP contribution in [0.2, 0.25) is 0 Å². The third-order valence-electron chi connectivity index (χ3n) is 3.13. The first-order chi connectivity index (χ1) is 9.06. The normalized spacial score (nSPS) is 10.8. The second kappa shape index (κ2) is 7.45. The van der Waals surface area contributed by atoms with Crippen LogP contribution >= 0.6 is 12.4 Å². The molecular weight excluding hydrogens is 274 g/mol. The molecule has 0 aromatic carbocycles. The van der Waals surface area contributed by atoms with E-state index in [0.717, 1.165) is 19.6 Å². The molecule has 2 rings (SSSR count). The summed E-state index contributed by atoms with van der Waals surface area (Å²) in [6, 6.07) is 0. The Hall–Kier alpha value is -1.33.